The maximum Gasteiger partial charge on any atom is 0.296 e. The van der Waals surface area contributed by atoms with Crippen molar-refractivity contribution in [2.24, 2.45) is 5.10 Å². The lowest BCUT2D eigenvalue weighted by atomic mass is 10.2. The largest absolute Gasteiger partial charge is 0.618 e. The van der Waals surface area contributed by atoms with E-state index < -0.39 is 5.91 Å². The van der Waals surface area contributed by atoms with Crippen molar-refractivity contribution in [3.8, 4) is 0 Å². The highest BCUT2D eigenvalue weighted by Crippen LogP contribution is 2.10. The predicted molar refractivity (Wildman–Crippen MR) is 84.7 cm³/mol. The third-order valence-electron chi connectivity index (χ3n) is 3.25. The number of hydrogen-bond acceptors (Lipinski definition) is 5. The van der Waals surface area contributed by atoms with Crippen LogP contribution in [0.25, 0.3) is 11.0 Å². The lowest BCUT2D eigenvalue weighted by Gasteiger charge is -2.07. The van der Waals surface area contributed by atoms with Gasteiger partial charge in [0.1, 0.15) is 5.52 Å². The van der Waals surface area contributed by atoms with E-state index in [1.54, 1.807) is 49.5 Å². The summed E-state index contributed by atoms with van der Waals surface area (Å²) in [6, 6.07) is 12.2. The fourth-order valence-corrected chi connectivity index (χ4v) is 2.09. The highest BCUT2D eigenvalue weighted by Gasteiger charge is 2.20. The van der Waals surface area contributed by atoms with Gasteiger partial charge < -0.3 is 5.21 Å². The molecule has 0 radical (unpaired) electrons. The molecule has 3 aromatic rings. The number of aromatic nitrogens is 3. The number of hydrazone groups is 1. The first kappa shape index (κ1) is 14.6. The van der Waals surface area contributed by atoms with Crippen LogP contribution in [0, 0.1) is 12.1 Å². The van der Waals surface area contributed by atoms with Crippen molar-refractivity contribution in [2.45, 2.75) is 6.92 Å². The van der Waals surface area contributed by atoms with Crippen LogP contribution >= 0.6 is 0 Å². The van der Waals surface area contributed by atoms with Crippen molar-refractivity contribution in [3.05, 3.63) is 71.0 Å². The van der Waals surface area contributed by atoms with E-state index in [0.29, 0.717) is 21.5 Å². The van der Waals surface area contributed by atoms with Gasteiger partial charge in [-0.05, 0) is 18.2 Å². The van der Waals surface area contributed by atoms with Gasteiger partial charge in [-0.2, -0.15) is 9.83 Å². The molecule has 0 spiro atoms. The van der Waals surface area contributed by atoms with Crippen molar-refractivity contribution in [2.75, 3.05) is 0 Å². The monoisotopic (exact) mass is 307 g/mol. The lowest BCUT2D eigenvalue weighted by molar-refractivity contribution is -0.584. The van der Waals surface area contributed by atoms with Crippen molar-refractivity contribution in [3.63, 3.8) is 0 Å². The van der Waals surface area contributed by atoms with Crippen LogP contribution in [0.3, 0.4) is 0 Å². The van der Waals surface area contributed by atoms with Crippen LogP contribution in [0.1, 0.15) is 21.9 Å². The maximum absolute atomic E-state index is 12.2. The quantitative estimate of drug-likeness (QED) is 0.342. The molecule has 1 amide bonds. The van der Waals surface area contributed by atoms with Gasteiger partial charge in [0.2, 0.25) is 11.2 Å². The number of rotatable bonds is 3. The molecule has 1 N–H and O–H groups in total. The Morgan fingerprint density at radius 3 is 2.83 bits per heavy atom. The van der Waals surface area contributed by atoms with Gasteiger partial charge in [0.15, 0.2) is 5.69 Å². The average Bonchev–Trinajstić information content (AvgIpc) is 2.59. The van der Waals surface area contributed by atoms with Crippen molar-refractivity contribution >= 4 is 23.2 Å². The Bertz CT molecular complexity index is 894. The number of benzene rings is 1. The summed E-state index contributed by atoms with van der Waals surface area (Å²) in [5, 5.41) is 16.0. The summed E-state index contributed by atoms with van der Waals surface area (Å²) >= 11 is 0. The molecule has 0 aliphatic heterocycles. The van der Waals surface area contributed by atoms with E-state index in [9.17, 15) is 10.0 Å². The summed E-state index contributed by atoms with van der Waals surface area (Å²) < 4.78 is 0.694. The van der Waals surface area contributed by atoms with Gasteiger partial charge in [-0.3, -0.25) is 9.78 Å². The average molecular weight is 307 g/mol. The molecule has 0 saturated carbocycles. The minimum Gasteiger partial charge on any atom is -0.618 e. The normalized spacial score (nSPS) is 11.0. The topological polar surface area (TPSA) is 94.2 Å². The fraction of sp³-hybridized carbons (Fsp3) is 0.0625. The van der Waals surface area contributed by atoms with Crippen LogP contribution in [0.15, 0.2) is 53.8 Å². The second-order valence-electron chi connectivity index (χ2n) is 4.78. The highest BCUT2D eigenvalue weighted by atomic mass is 16.5. The zero-order valence-corrected chi connectivity index (χ0v) is 12.3. The van der Waals surface area contributed by atoms with Crippen molar-refractivity contribution in [1.82, 2.24) is 15.4 Å². The number of hydrogen-bond donors (Lipinski definition) is 1. The first-order valence-corrected chi connectivity index (χ1v) is 6.90. The molecule has 0 fully saturated rings. The zero-order chi connectivity index (χ0) is 16.2. The summed E-state index contributed by atoms with van der Waals surface area (Å²) in [5.41, 5.74) is 4.08. The SMILES string of the molecule is Cc1c(C(=O)NN=Cc2ccccn2)nc2ccccc2[n+]1[O-]. The number of para-hydroxylation sites is 2. The Labute approximate surface area is 131 Å². The van der Waals surface area contributed by atoms with E-state index in [0.717, 1.165) is 0 Å². The molecule has 3 rings (SSSR count). The minimum absolute atomic E-state index is 0.0388. The molecule has 0 atom stereocenters. The summed E-state index contributed by atoms with van der Waals surface area (Å²) in [4.78, 5) is 20.5. The van der Waals surface area contributed by atoms with Crippen LogP contribution in [-0.4, -0.2) is 22.1 Å². The molecule has 7 nitrogen and oxygen atoms in total. The summed E-state index contributed by atoms with van der Waals surface area (Å²) in [6.45, 7) is 1.55. The molecule has 2 heterocycles. The number of carbonyl (C=O) groups excluding carboxylic acids is 1. The molecule has 2 aromatic heterocycles. The molecular weight excluding hydrogens is 294 g/mol. The summed E-state index contributed by atoms with van der Waals surface area (Å²) in [5.74, 6) is -0.551. The van der Waals surface area contributed by atoms with Gasteiger partial charge >= 0.3 is 0 Å². The molecule has 0 aliphatic carbocycles. The van der Waals surface area contributed by atoms with Crippen LogP contribution < -0.4 is 10.2 Å². The second kappa shape index (κ2) is 6.18. The number of pyridine rings is 1. The molecule has 7 heteroatoms. The zero-order valence-electron chi connectivity index (χ0n) is 12.3. The summed E-state index contributed by atoms with van der Waals surface area (Å²) in [7, 11) is 0. The number of carbonyl (C=O) groups is 1. The smallest absolute Gasteiger partial charge is 0.296 e. The molecule has 114 valence electrons. The summed E-state index contributed by atoms with van der Waals surface area (Å²) in [6.07, 6.45) is 3.04. The molecule has 23 heavy (non-hydrogen) atoms. The van der Waals surface area contributed by atoms with E-state index in [1.807, 2.05) is 6.07 Å². The lowest BCUT2D eigenvalue weighted by Crippen LogP contribution is -2.36. The maximum atomic E-state index is 12.2. The number of nitrogens with one attached hydrogen (secondary N) is 1. The third-order valence-corrected chi connectivity index (χ3v) is 3.25. The number of nitrogens with zero attached hydrogens (tertiary/aromatic N) is 4. The Kier molecular flexibility index (Phi) is 3.92. The van der Waals surface area contributed by atoms with Crippen molar-refractivity contribution < 1.29 is 9.52 Å². The second-order valence-corrected chi connectivity index (χ2v) is 4.78. The van der Waals surface area contributed by atoms with E-state index in [4.69, 9.17) is 0 Å². The minimum atomic E-state index is -0.551. The van der Waals surface area contributed by atoms with Crippen LogP contribution in [0.5, 0.6) is 0 Å². The van der Waals surface area contributed by atoms with Gasteiger partial charge in [0.05, 0.1) is 11.9 Å². The van der Waals surface area contributed by atoms with Gasteiger partial charge in [0.25, 0.3) is 5.91 Å². The first-order valence-electron chi connectivity index (χ1n) is 6.90. The molecule has 0 bridgehead atoms. The van der Waals surface area contributed by atoms with E-state index >= 15 is 0 Å². The van der Waals surface area contributed by atoms with Crippen molar-refractivity contribution in [1.29, 1.82) is 0 Å². The molecular formula is C16H13N5O2. The van der Waals surface area contributed by atoms with Gasteiger partial charge in [-0.1, -0.05) is 18.2 Å². The molecule has 0 aliphatic rings. The Hall–Kier alpha value is -3.35. The van der Waals surface area contributed by atoms with Gasteiger partial charge in [-0.15, -0.1) is 0 Å². The number of amides is 1. The van der Waals surface area contributed by atoms with Gasteiger partial charge in [-0.25, -0.2) is 10.4 Å². The van der Waals surface area contributed by atoms with E-state index in [2.05, 4.69) is 20.5 Å². The molecule has 0 saturated heterocycles. The predicted octanol–water partition coefficient (Wildman–Crippen LogP) is 1.34. The Morgan fingerprint density at radius 2 is 2.04 bits per heavy atom. The standard InChI is InChI=1S/C16H13N5O2/c1-11-15(19-13-7-2-3-8-14(13)21(11)23)16(22)20-18-10-12-6-4-5-9-17-12/h2-10H,1H3,(H,20,22). The molecule has 0 unspecified atom stereocenters. The fourth-order valence-electron chi connectivity index (χ4n) is 2.09. The number of fused-ring (bicyclic) bond motifs is 1. The Balaban J connectivity index is 1.86. The Morgan fingerprint density at radius 1 is 1.26 bits per heavy atom. The van der Waals surface area contributed by atoms with Crippen LogP contribution in [0.2, 0.25) is 0 Å². The highest BCUT2D eigenvalue weighted by molar-refractivity contribution is 5.94. The first-order chi connectivity index (χ1) is 11.2. The molecule has 1 aromatic carbocycles. The van der Waals surface area contributed by atoms with E-state index in [-0.39, 0.29) is 11.4 Å². The van der Waals surface area contributed by atoms with E-state index in [1.165, 1.54) is 6.21 Å². The third kappa shape index (κ3) is 2.98. The van der Waals surface area contributed by atoms with Gasteiger partial charge in [0, 0.05) is 19.2 Å². The van der Waals surface area contributed by atoms with Crippen LogP contribution in [-0.2, 0) is 0 Å². The van der Waals surface area contributed by atoms with Crippen LogP contribution in [0.4, 0.5) is 0 Å².